The summed E-state index contributed by atoms with van der Waals surface area (Å²) in [6.07, 6.45) is 0. The number of para-hydroxylation sites is 1. The van der Waals surface area contributed by atoms with E-state index in [-0.39, 0.29) is 0 Å². The van der Waals surface area contributed by atoms with Gasteiger partial charge in [-0.1, -0.05) is 182 Å². The van der Waals surface area contributed by atoms with E-state index in [2.05, 4.69) is 229 Å². The topological polar surface area (TPSA) is 16.4 Å². The molecule has 2 heteroatoms. The first-order chi connectivity index (χ1) is 30.7. The van der Waals surface area contributed by atoms with Crippen LogP contribution in [0.4, 0.5) is 17.1 Å². The zero-order chi connectivity index (χ0) is 41.0. The van der Waals surface area contributed by atoms with Crippen molar-refractivity contribution < 1.29 is 4.42 Å². The van der Waals surface area contributed by atoms with Crippen molar-refractivity contribution in [1.29, 1.82) is 0 Å². The minimum absolute atomic E-state index is 0.893. The van der Waals surface area contributed by atoms with Gasteiger partial charge in [-0.25, -0.2) is 0 Å². The Morgan fingerprint density at radius 3 is 1.55 bits per heavy atom. The van der Waals surface area contributed by atoms with Gasteiger partial charge in [0.2, 0.25) is 0 Å². The van der Waals surface area contributed by atoms with Gasteiger partial charge in [0.05, 0.1) is 0 Å². The summed E-state index contributed by atoms with van der Waals surface area (Å²) in [5.41, 5.74) is 14.5. The molecule has 0 saturated carbocycles. The zero-order valence-electron chi connectivity index (χ0n) is 33.9. The van der Waals surface area contributed by atoms with Gasteiger partial charge in [-0.2, -0.15) is 0 Å². The molecule has 0 N–H and O–H groups in total. The second-order valence-corrected chi connectivity index (χ2v) is 16.1. The highest BCUT2D eigenvalue weighted by molar-refractivity contribution is 6.13. The molecular formula is C60H39NO. The molecule has 0 unspecified atom stereocenters. The Kier molecular flexibility index (Phi) is 8.53. The Morgan fingerprint density at radius 2 is 0.774 bits per heavy atom. The van der Waals surface area contributed by atoms with Gasteiger partial charge in [0.1, 0.15) is 11.2 Å². The largest absolute Gasteiger partial charge is 0.456 e. The minimum atomic E-state index is 0.893. The Bertz CT molecular complexity index is 3610. The van der Waals surface area contributed by atoms with Crippen molar-refractivity contribution in [2.75, 3.05) is 4.90 Å². The standard InChI is InChI=1S/C60H39NO/c1-3-15-52-43(10-1)12-8-18-54(52)45-24-22-40(23-25-45)41-28-33-49(34-29-41)61(51-14-7-13-47(39-51)56-19-9-21-59-60(56)57-17-5-6-20-58(57)62-59)50-35-30-42(31-36-50)46-32-37-55-48(38-46)27-26-44-11-2-4-16-53(44)55/h1-39H. The van der Waals surface area contributed by atoms with Gasteiger partial charge < -0.3 is 9.32 Å². The van der Waals surface area contributed by atoms with Gasteiger partial charge in [0.25, 0.3) is 0 Å². The number of nitrogens with zero attached hydrogens (tertiary/aromatic N) is 1. The molecule has 0 bridgehead atoms. The van der Waals surface area contributed by atoms with E-state index in [9.17, 15) is 0 Å². The van der Waals surface area contributed by atoms with Gasteiger partial charge in [-0.05, 0) is 131 Å². The molecule has 62 heavy (non-hydrogen) atoms. The summed E-state index contributed by atoms with van der Waals surface area (Å²) in [4.78, 5) is 2.36. The minimum Gasteiger partial charge on any atom is -0.456 e. The van der Waals surface area contributed by atoms with Gasteiger partial charge in [-0.3, -0.25) is 0 Å². The van der Waals surface area contributed by atoms with Crippen LogP contribution in [0.5, 0.6) is 0 Å². The Morgan fingerprint density at radius 1 is 0.258 bits per heavy atom. The number of hydrogen-bond donors (Lipinski definition) is 0. The predicted octanol–water partition coefficient (Wildman–Crippen LogP) is 17.2. The molecular weight excluding hydrogens is 751 g/mol. The summed E-state index contributed by atoms with van der Waals surface area (Å²) in [5.74, 6) is 0. The van der Waals surface area contributed by atoms with Crippen LogP contribution in [-0.2, 0) is 0 Å². The Balaban J connectivity index is 0.927. The van der Waals surface area contributed by atoms with Gasteiger partial charge in [0.15, 0.2) is 0 Å². The SMILES string of the molecule is c1cc(-c2cccc3oc4ccccc4c23)cc(N(c2ccc(-c3ccc(-c4cccc5ccccc45)cc3)cc2)c2ccc(-c3ccc4c(ccc5ccccc54)c3)cc2)c1. The summed E-state index contributed by atoms with van der Waals surface area (Å²) in [6, 6.07) is 85.5. The van der Waals surface area contributed by atoms with E-state index in [0.717, 1.165) is 50.1 Å². The van der Waals surface area contributed by atoms with E-state index in [1.165, 1.54) is 65.7 Å². The second kappa shape index (κ2) is 14.8. The average molecular weight is 790 g/mol. The molecule has 0 saturated heterocycles. The fraction of sp³-hybridized carbons (Fsp3) is 0. The molecule has 0 radical (unpaired) electrons. The maximum Gasteiger partial charge on any atom is 0.136 e. The average Bonchev–Trinajstić information content (AvgIpc) is 3.73. The summed E-state index contributed by atoms with van der Waals surface area (Å²) in [6.45, 7) is 0. The quantitative estimate of drug-likeness (QED) is 0.150. The number of rotatable bonds is 7. The molecule has 1 aromatic heterocycles. The lowest BCUT2D eigenvalue weighted by Crippen LogP contribution is -2.10. The first kappa shape index (κ1) is 35.7. The second-order valence-electron chi connectivity index (χ2n) is 16.1. The predicted molar refractivity (Wildman–Crippen MR) is 263 cm³/mol. The van der Waals surface area contributed by atoms with Crippen LogP contribution in [0.3, 0.4) is 0 Å². The summed E-state index contributed by atoms with van der Waals surface area (Å²) >= 11 is 0. The van der Waals surface area contributed by atoms with Gasteiger partial charge in [-0.15, -0.1) is 0 Å². The summed E-state index contributed by atoms with van der Waals surface area (Å²) in [5, 5.41) is 9.85. The lowest BCUT2D eigenvalue weighted by atomic mass is 9.96. The fourth-order valence-electron chi connectivity index (χ4n) is 9.39. The van der Waals surface area contributed by atoms with Crippen LogP contribution < -0.4 is 4.90 Å². The molecule has 12 rings (SSSR count). The third-order valence-electron chi connectivity index (χ3n) is 12.5. The van der Waals surface area contributed by atoms with Crippen molar-refractivity contribution in [2.24, 2.45) is 0 Å². The molecule has 0 atom stereocenters. The molecule has 0 amide bonds. The van der Waals surface area contributed by atoms with Crippen molar-refractivity contribution >= 4 is 71.3 Å². The number of fused-ring (bicyclic) bond motifs is 7. The maximum atomic E-state index is 6.30. The molecule has 0 spiro atoms. The van der Waals surface area contributed by atoms with E-state index < -0.39 is 0 Å². The fourth-order valence-corrected chi connectivity index (χ4v) is 9.39. The first-order valence-electron chi connectivity index (χ1n) is 21.2. The molecule has 0 aliphatic rings. The van der Waals surface area contributed by atoms with E-state index in [0.29, 0.717) is 0 Å². The first-order valence-corrected chi connectivity index (χ1v) is 21.2. The number of furan rings is 1. The smallest absolute Gasteiger partial charge is 0.136 e. The Hall–Kier alpha value is -8.20. The van der Waals surface area contributed by atoms with Crippen LogP contribution in [0.25, 0.3) is 98.8 Å². The van der Waals surface area contributed by atoms with E-state index in [4.69, 9.17) is 4.42 Å². The Labute approximate surface area is 360 Å². The van der Waals surface area contributed by atoms with E-state index >= 15 is 0 Å². The number of anilines is 3. The van der Waals surface area contributed by atoms with Gasteiger partial charge >= 0.3 is 0 Å². The highest BCUT2D eigenvalue weighted by Crippen LogP contribution is 2.42. The third-order valence-corrected chi connectivity index (χ3v) is 12.5. The van der Waals surface area contributed by atoms with Crippen LogP contribution in [0.2, 0.25) is 0 Å². The normalized spacial score (nSPS) is 11.5. The monoisotopic (exact) mass is 789 g/mol. The third kappa shape index (κ3) is 6.20. The van der Waals surface area contributed by atoms with E-state index in [1.807, 2.05) is 12.1 Å². The molecule has 2 nitrogen and oxygen atoms in total. The van der Waals surface area contributed by atoms with Crippen molar-refractivity contribution in [1.82, 2.24) is 0 Å². The summed E-state index contributed by atoms with van der Waals surface area (Å²) in [7, 11) is 0. The molecule has 0 fully saturated rings. The molecule has 0 aliphatic carbocycles. The maximum absolute atomic E-state index is 6.30. The molecule has 0 aliphatic heterocycles. The van der Waals surface area contributed by atoms with Crippen molar-refractivity contribution in [3.63, 3.8) is 0 Å². The van der Waals surface area contributed by atoms with Crippen molar-refractivity contribution in [3.05, 3.63) is 237 Å². The molecule has 290 valence electrons. The van der Waals surface area contributed by atoms with Crippen LogP contribution in [-0.4, -0.2) is 0 Å². The van der Waals surface area contributed by atoms with Crippen molar-refractivity contribution in [3.8, 4) is 44.5 Å². The molecule has 1 heterocycles. The lowest BCUT2D eigenvalue weighted by molar-refractivity contribution is 0.669. The van der Waals surface area contributed by atoms with Crippen LogP contribution >= 0.6 is 0 Å². The summed E-state index contributed by atoms with van der Waals surface area (Å²) < 4.78 is 6.30. The van der Waals surface area contributed by atoms with Crippen molar-refractivity contribution in [2.45, 2.75) is 0 Å². The molecule has 11 aromatic carbocycles. The highest BCUT2D eigenvalue weighted by atomic mass is 16.3. The van der Waals surface area contributed by atoms with E-state index in [1.54, 1.807) is 0 Å². The number of benzene rings is 11. The van der Waals surface area contributed by atoms with Crippen LogP contribution in [0.1, 0.15) is 0 Å². The van der Waals surface area contributed by atoms with Crippen LogP contribution in [0, 0.1) is 0 Å². The molecule has 12 aromatic rings. The van der Waals surface area contributed by atoms with Gasteiger partial charge in [0, 0.05) is 27.8 Å². The van der Waals surface area contributed by atoms with Crippen LogP contribution in [0.15, 0.2) is 241 Å². The lowest BCUT2D eigenvalue weighted by Gasteiger charge is -2.26. The highest BCUT2D eigenvalue weighted by Gasteiger charge is 2.17. The zero-order valence-corrected chi connectivity index (χ0v) is 33.9. The number of hydrogen-bond acceptors (Lipinski definition) is 2.